The normalized spacial score (nSPS) is 11.9. The van der Waals surface area contributed by atoms with E-state index in [9.17, 15) is 0 Å². The number of nitrogens with two attached hydrogens (primary N) is 2. The number of hydrogen-bond acceptors (Lipinski definition) is 5. The zero-order valence-electron chi connectivity index (χ0n) is 11.7. The maximum atomic E-state index is 6.25. The van der Waals surface area contributed by atoms with Crippen LogP contribution >= 0.6 is 0 Å². The molecule has 0 spiro atoms. The van der Waals surface area contributed by atoms with Crippen LogP contribution in [0.25, 0.3) is 0 Å². The first kappa shape index (κ1) is 14.1. The van der Waals surface area contributed by atoms with Gasteiger partial charge in [-0.3, -0.25) is 4.98 Å². The first-order valence-corrected chi connectivity index (χ1v) is 6.31. The highest BCUT2D eigenvalue weighted by molar-refractivity contribution is 5.46. The van der Waals surface area contributed by atoms with Crippen LogP contribution in [0.1, 0.15) is 17.2 Å². The van der Waals surface area contributed by atoms with E-state index in [2.05, 4.69) is 4.98 Å². The van der Waals surface area contributed by atoms with Crippen molar-refractivity contribution in [3.05, 3.63) is 47.8 Å². The van der Waals surface area contributed by atoms with Crippen molar-refractivity contribution in [3.63, 3.8) is 0 Å². The van der Waals surface area contributed by atoms with Gasteiger partial charge in [-0.2, -0.15) is 0 Å². The van der Waals surface area contributed by atoms with E-state index in [1.165, 1.54) is 0 Å². The van der Waals surface area contributed by atoms with Gasteiger partial charge in [0, 0.05) is 30.2 Å². The van der Waals surface area contributed by atoms with Crippen molar-refractivity contribution in [2.75, 3.05) is 20.0 Å². The van der Waals surface area contributed by atoms with Gasteiger partial charge in [0.05, 0.1) is 14.2 Å². The molecule has 1 atom stereocenters. The third-order valence-corrected chi connectivity index (χ3v) is 3.18. The second-order valence-electron chi connectivity index (χ2n) is 4.53. The molecule has 0 amide bonds. The molecule has 20 heavy (non-hydrogen) atoms. The summed E-state index contributed by atoms with van der Waals surface area (Å²) in [4.78, 5) is 4.07. The summed E-state index contributed by atoms with van der Waals surface area (Å²) in [6.45, 7) is 0. The Morgan fingerprint density at radius 1 is 1.15 bits per heavy atom. The van der Waals surface area contributed by atoms with Gasteiger partial charge in [0.2, 0.25) is 0 Å². The molecular weight excluding hydrogens is 254 g/mol. The number of nitrogens with zero attached hydrogens (tertiary/aromatic N) is 1. The highest BCUT2D eigenvalue weighted by atomic mass is 16.5. The first-order chi connectivity index (χ1) is 9.63. The van der Waals surface area contributed by atoms with Gasteiger partial charge in [-0.15, -0.1) is 0 Å². The molecule has 1 unspecified atom stereocenters. The number of rotatable bonds is 5. The molecule has 2 aromatic rings. The van der Waals surface area contributed by atoms with Crippen molar-refractivity contribution in [2.24, 2.45) is 5.73 Å². The Labute approximate surface area is 118 Å². The Kier molecular flexibility index (Phi) is 4.42. The van der Waals surface area contributed by atoms with Crippen LogP contribution in [0.5, 0.6) is 11.5 Å². The lowest BCUT2D eigenvalue weighted by Gasteiger charge is -2.15. The maximum Gasteiger partial charge on any atom is 0.122 e. The predicted molar refractivity (Wildman–Crippen MR) is 78.8 cm³/mol. The van der Waals surface area contributed by atoms with Crippen molar-refractivity contribution in [1.29, 1.82) is 0 Å². The van der Waals surface area contributed by atoms with Crippen molar-refractivity contribution < 1.29 is 9.47 Å². The SMILES string of the molecule is COc1cc(OC)cc(C(N)Cc2cnccc2N)c1. The van der Waals surface area contributed by atoms with E-state index in [1.54, 1.807) is 32.7 Å². The predicted octanol–water partition coefficient (Wildman–Crippen LogP) is 1.92. The molecule has 0 saturated heterocycles. The highest BCUT2D eigenvalue weighted by Gasteiger charge is 2.12. The summed E-state index contributed by atoms with van der Waals surface area (Å²) in [7, 11) is 3.23. The lowest BCUT2D eigenvalue weighted by Crippen LogP contribution is -2.14. The summed E-state index contributed by atoms with van der Waals surface area (Å²) in [5, 5.41) is 0. The number of ether oxygens (including phenoxy) is 2. The average molecular weight is 273 g/mol. The molecule has 1 heterocycles. The number of anilines is 1. The molecule has 0 aliphatic heterocycles. The monoisotopic (exact) mass is 273 g/mol. The Morgan fingerprint density at radius 2 is 1.80 bits per heavy atom. The standard InChI is InChI=1S/C15H19N3O2/c1-19-12-5-10(6-13(8-12)20-2)15(17)7-11-9-18-4-3-14(11)16/h3-6,8-9,15H,7,17H2,1-2H3,(H2,16,18). The van der Waals surface area contributed by atoms with Gasteiger partial charge in [0.1, 0.15) is 11.5 Å². The summed E-state index contributed by atoms with van der Waals surface area (Å²) in [5.41, 5.74) is 14.7. The Morgan fingerprint density at radius 3 is 2.35 bits per heavy atom. The molecule has 5 heteroatoms. The van der Waals surface area contributed by atoms with E-state index < -0.39 is 0 Å². The second-order valence-corrected chi connectivity index (χ2v) is 4.53. The zero-order chi connectivity index (χ0) is 14.5. The van der Waals surface area contributed by atoms with E-state index in [4.69, 9.17) is 20.9 Å². The van der Waals surface area contributed by atoms with Gasteiger partial charge in [-0.25, -0.2) is 0 Å². The van der Waals surface area contributed by atoms with Crippen LogP contribution in [0.3, 0.4) is 0 Å². The van der Waals surface area contributed by atoms with Crippen LogP contribution in [0, 0.1) is 0 Å². The quantitative estimate of drug-likeness (QED) is 0.869. The molecule has 0 fully saturated rings. The van der Waals surface area contributed by atoms with Crippen LogP contribution in [0.15, 0.2) is 36.7 Å². The molecule has 0 bridgehead atoms. The Bertz CT molecular complexity index is 565. The molecule has 0 saturated carbocycles. The van der Waals surface area contributed by atoms with Gasteiger partial charge in [-0.05, 0) is 35.7 Å². The number of benzene rings is 1. The summed E-state index contributed by atoms with van der Waals surface area (Å²) in [6.07, 6.45) is 4.02. The van der Waals surface area contributed by atoms with Gasteiger partial charge >= 0.3 is 0 Å². The van der Waals surface area contributed by atoms with Crippen LogP contribution in [-0.4, -0.2) is 19.2 Å². The molecule has 5 nitrogen and oxygen atoms in total. The Hall–Kier alpha value is -2.27. The lowest BCUT2D eigenvalue weighted by molar-refractivity contribution is 0.392. The molecule has 0 aliphatic carbocycles. The molecule has 4 N–H and O–H groups in total. The van der Waals surface area contributed by atoms with E-state index >= 15 is 0 Å². The smallest absolute Gasteiger partial charge is 0.122 e. The van der Waals surface area contributed by atoms with Gasteiger partial charge in [0.15, 0.2) is 0 Å². The Balaban J connectivity index is 2.24. The molecule has 106 valence electrons. The zero-order valence-corrected chi connectivity index (χ0v) is 11.7. The van der Waals surface area contributed by atoms with Crippen molar-refractivity contribution in [1.82, 2.24) is 4.98 Å². The maximum absolute atomic E-state index is 6.25. The number of methoxy groups -OCH3 is 2. The molecule has 0 radical (unpaired) electrons. The fourth-order valence-corrected chi connectivity index (χ4v) is 2.01. The minimum absolute atomic E-state index is 0.203. The topological polar surface area (TPSA) is 83.4 Å². The summed E-state index contributed by atoms with van der Waals surface area (Å²) in [6, 6.07) is 7.19. The fraction of sp³-hybridized carbons (Fsp3) is 0.267. The van der Waals surface area contributed by atoms with Crippen LogP contribution in [0.4, 0.5) is 5.69 Å². The van der Waals surface area contributed by atoms with E-state index in [0.717, 1.165) is 11.1 Å². The van der Waals surface area contributed by atoms with Crippen LogP contribution < -0.4 is 20.9 Å². The molecule has 1 aromatic carbocycles. The fourth-order valence-electron chi connectivity index (χ4n) is 2.01. The first-order valence-electron chi connectivity index (χ1n) is 6.31. The van der Waals surface area contributed by atoms with Gasteiger partial charge in [0.25, 0.3) is 0 Å². The van der Waals surface area contributed by atoms with Crippen LogP contribution in [0.2, 0.25) is 0 Å². The van der Waals surface area contributed by atoms with E-state index in [-0.39, 0.29) is 6.04 Å². The third-order valence-electron chi connectivity index (χ3n) is 3.18. The highest BCUT2D eigenvalue weighted by Crippen LogP contribution is 2.27. The minimum Gasteiger partial charge on any atom is -0.497 e. The minimum atomic E-state index is -0.203. The molecule has 2 rings (SSSR count). The summed E-state index contributed by atoms with van der Waals surface area (Å²) in [5.74, 6) is 1.43. The van der Waals surface area contributed by atoms with Crippen molar-refractivity contribution in [3.8, 4) is 11.5 Å². The van der Waals surface area contributed by atoms with E-state index in [1.807, 2.05) is 18.2 Å². The second kappa shape index (κ2) is 6.25. The van der Waals surface area contributed by atoms with Gasteiger partial charge < -0.3 is 20.9 Å². The molecule has 1 aromatic heterocycles. The summed E-state index contributed by atoms with van der Waals surface area (Å²) < 4.78 is 10.5. The van der Waals surface area contributed by atoms with Crippen LogP contribution in [-0.2, 0) is 6.42 Å². The van der Waals surface area contributed by atoms with E-state index in [0.29, 0.717) is 23.6 Å². The van der Waals surface area contributed by atoms with Gasteiger partial charge in [-0.1, -0.05) is 0 Å². The lowest BCUT2D eigenvalue weighted by atomic mass is 9.99. The number of pyridine rings is 1. The van der Waals surface area contributed by atoms with Crippen molar-refractivity contribution >= 4 is 5.69 Å². The number of nitrogen functional groups attached to an aromatic ring is 1. The molecule has 0 aliphatic rings. The third kappa shape index (κ3) is 3.19. The summed E-state index contributed by atoms with van der Waals surface area (Å²) >= 11 is 0. The number of aromatic nitrogens is 1. The number of hydrogen-bond donors (Lipinski definition) is 2. The molecular formula is C15H19N3O2. The average Bonchev–Trinajstić information content (AvgIpc) is 2.48. The largest absolute Gasteiger partial charge is 0.497 e. The van der Waals surface area contributed by atoms with Crippen molar-refractivity contribution in [2.45, 2.75) is 12.5 Å².